The van der Waals surface area contributed by atoms with E-state index in [9.17, 15) is 13.2 Å². The minimum absolute atomic E-state index is 0.0593. The zero-order chi connectivity index (χ0) is 25.4. The quantitative estimate of drug-likeness (QED) is 0.161. The van der Waals surface area contributed by atoms with Gasteiger partial charge in [0.05, 0.1) is 6.61 Å². The number of hydrogen-bond acceptors (Lipinski definition) is 3. The third-order valence-electron chi connectivity index (χ3n) is 6.08. The summed E-state index contributed by atoms with van der Waals surface area (Å²) in [5.41, 5.74) is 3.21. The Balaban J connectivity index is 1.77. The Morgan fingerprint density at radius 3 is 2.63 bits per heavy atom. The number of halogens is 3. The van der Waals surface area contributed by atoms with E-state index in [4.69, 9.17) is 9.47 Å². The molecule has 188 valence electrons. The average Bonchev–Trinajstić information content (AvgIpc) is 3.68. The van der Waals surface area contributed by atoms with Gasteiger partial charge in [-0.3, -0.25) is 0 Å². The van der Waals surface area contributed by atoms with Gasteiger partial charge < -0.3 is 9.47 Å². The first-order valence-electron chi connectivity index (χ1n) is 12.3. The summed E-state index contributed by atoms with van der Waals surface area (Å²) in [7, 11) is 0. The van der Waals surface area contributed by atoms with Crippen molar-refractivity contribution >= 4 is 0 Å². The van der Waals surface area contributed by atoms with Gasteiger partial charge in [0.2, 0.25) is 5.88 Å². The Morgan fingerprint density at radius 2 is 2.00 bits per heavy atom. The fourth-order valence-corrected chi connectivity index (χ4v) is 4.00. The van der Waals surface area contributed by atoms with Gasteiger partial charge in [0.25, 0.3) is 6.43 Å². The third kappa shape index (κ3) is 7.23. The predicted molar refractivity (Wildman–Crippen MR) is 134 cm³/mol. The summed E-state index contributed by atoms with van der Waals surface area (Å²) in [5, 5.41) is 0. The van der Waals surface area contributed by atoms with Crippen LogP contribution in [0.1, 0.15) is 70.4 Å². The van der Waals surface area contributed by atoms with Gasteiger partial charge in [0.15, 0.2) is 0 Å². The lowest BCUT2D eigenvalue weighted by atomic mass is 9.98. The second-order valence-corrected chi connectivity index (χ2v) is 8.72. The van der Waals surface area contributed by atoms with E-state index in [0.29, 0.717) is 23.8 Å². The van der Waals surface area contributed by atoms with Gasteiger partial charge in [-0.1, -0.05) is 39.0 Å². The highest BCUT2D eigenvalue weighted by atomic mass is 19.3. The number of benzene rings is 1. The lowest BCUT2D eigenvalue weighted by Crippen LogP contribution is -2.02. The Hall–Kier alpha value is -3.02. The van der Waals surface area contributed by atoms with Crippen LogP contribution in [0.4, 0.5) is 13.2 Å². The smallest absolute Gasteiger partial charge is 0.264 e. The molecule has 0 spiro atoms. The summed E-state index contributed by atoms with van der Waals surface area (Å²) < 4.78 is 53.4. The summed E-state index contributed by atoms with van der Waals surface area (Å²) in [6.45, 7) is 10.5. The first-order valence-corrected chi connectivity index (χ1v) is 12.3. The highest BCUT2D eigenvalue weighted by Crippen LogP contribution is 2.41. The fraction of sp³-hybridized carbons (Fsp3) is 0.414. The highest BCUT2D eigenvalue weighted by Gasteiger charge is 2.27. The number of alkyl halides is 2. The topological polar surface area (TPSA) is 31.4 Å². The molecule has 0 N–H and O–H groups in total. The highest BCUT2D eigenvalue weighted by molar-refractivity contribution is 5.68. The van der Waals surface area contributed by atoms with Crippen LogP contribution in [-0.2, 0) is 11.3 Å². The molecule has 0 saturated heterocycles. The van der Waals surface area contributed by atoms with Gasteiger partial charge in [-0.25, -0.2) is 18.2 Å². The maximum atomic E-state index is 14.5. The Bertz CT molecular complexity index is 1090. The minimum Gasteiger partial charge on any atom is -0.489 e. The minimum atomic E-state index is -2.73. The van der Waals surface area contributed by atoms with Crippen LogP contribution in [-0.4, -0.2) is 11.6 Å². The number of allylic oxidation sites excluding steroid dienone is 4. The molecule has 1 aliphatic rings. The molecule has 3 rings (SSSR count). The predicted octanol–water partition coefficient (Wildman–Crippen LogP) is 8.73. The van der Waals surface area contributed by atoms with Crippen LogP contribution in [0, 0.1) is 11.7 Å². The van der Waals surface area contributed by atoms with E-state index >= 15 is 0 Å². The van der Waals surface area contributed by atoms with Crippen LogP contribution >= 0.6 is 0 Å². The molecule has 35 heavy (non-hydrogen) atoms. The summed E-state index contributed by atoms with van der Waals surface area (Å²) in [4.78, 5) is 4.17. The number of ether oxygens (including phenoxy) is 2. The molecule has 3 nitrogen and oxygen atoms in total. The van der Waals surface area contributed by atoms with Gasteiger partial charge in [0.1, 0.15) is 18.2 Å². The van der Waals surface area contributed by atoms with Gasteiger partial charge in [-0.2, -0.15) is 0 Å². The molecule has 0 bridgehead atoms. The molecule has 1 aromatic carbocycles. The van der Waals surface area contributed by atoms with E-state index in [1.807, 2.05) is 19.9 Å². The second kappa shape index (κ2) is 12.6. The molecule has 1 fully saturated rings. The van der Waals surface area contributed by atoms with Crippen molar-refractivity contribution in [3.05, 3.63) is 83.0 Å². The second-order valence-electron chi connectivity index (χ2n) is 8.72. The van der Waals surface area contributed by atoms with E-state index in [2.05, 4.69) is 24.6 Å². The molecule has 0 atom stereocenters. The SMILES string of the molecule is C=C(/C=C(CC)\C(=C/C)C1CC1)OCc1cc(-c2cnc(OCCCC)cc2C(F)F)ccc1F. The van der Waals surface area contributed by atoms with Crippen molar-refractivity contribution in [2.75, 3.05) is 6.61 Å². The van der Waals surface area contributed by atoms with Crippen LogP contribution in [0.15, 0.2) is 66.1 Å². The average molecular weight is 486 g/mol. The zero-order valence-corrected chi connectivity index (χ0v) is 20.8. The maximum absolute atomic E-state index is 14.5. The molecule has 0 aliphatic heterocycles. The van der Waals surface area contributed by atoms with Crippen molar-refractivity contribution < 1.29 is 22.6 Å². The molecular formula is C29H34F3NO2. The summed E-state index contributed by atoms with van der Waals surface area (Å²) in [6, 6.07) is 5.51. The Labute approximate surface area is 206 Å². The van der Waals surface area contributed by atoms with Crippen molar-refractivity contribution in [3.8, 4) is 17.0 Å². The molecule has 0 unspecified atom stereocenters. The van der Waals surface area contributed by atoms with Gasteiger partial charge in [-0.15, -0.1) is 0 Å². The molecule has 1 saturated carbocycles. The zero-order valence-electron chi connectivity index (χ0n) is 20.8. The van der Waals surface area contributed by atoms with Crippen molar-refractivity contribution in [3.63, 3.8) is 0 Å². The van der Waals surface area contributed by atoms with E-state index in [1.165, 1.54) is 54.5 Å². The van der Waals surface area contributed by atoms with E-state index < -0.39 is 12.2 Å². The molecule has 2 aromatic rings. The van der Waals surface area contributed by atoms with Crippen LogP contribution in [0.25, 0.3) is 11.1 Å². The van der Waals surface area contributed by atoms with Crippen molar-refractivity contribution in [2.24, 2.45) is 5.92 Å². The van der Waals surface area contributed by atoms with E-state index in [1.54, 1.807) is 0 Å². The fourth-order valence-electron chi connectivity index (χ4n) is 4.00. The van der Waals surface area contributed by atoms with E-state index in [0.717, 1.165) is 19.3 Å². The summed E-state index contributed by atoms with van der Waals surface area (Å²) in [5.74, 6) is 0.730. The van der Waals surface area contributed by atoms with Crippen molar-refractivity contribution in [2.45, 2.75) is 65.9 Å². The van der Waals surface area contributed by atoms with Crippen LogP contribution in [0.3, 0.4) is 0 Å². The normalized spacial score (nSPS) is 14.4. The van der Waals surface area contributed by atoms with Gasteiger partial charge >= 0.3 is 0 Å². The first-order chi connectivity index (χ1) is 16.9. The Morgan fingerprint density at radius 1 is 1.23 bits per heavy atom. The lowest BCUT2D eigenvalue weighted by molar-refractivity contribution is 0.151. The van der Waals surface area contributed by atoms with Crippen LogP contribution in [0.2, 0.25) is 0 Å². The van der Waals surface area contributed by atoms with Gasteiger partial charge in [-0.05, 0) is 73.4 Å². The summed E-state index contributed by atoms with van der Waals surface area (Å²) >= 11 is 0. The van der Waals surface area contributed by atoms with Crippen LogP contribution < -0.4 is 4.74 Å². The van der Waals surface area contributed by atoms with E-state index in [-0.39, 0.29) is 29.2 Å². The number of nitrogens with zero attached hydrogens (tertiary/aromatic N) is 1. The number of unbranched alkanes of at least 4 members (excludes halogenated alkanes) is 1. The standard InChI is InChI=1S/C29H34F3NO2/c1-5-8-13-34-28-16-25(29(31)32)26(17-33-28)22-11-12-27(30)23(15-22)18-35-19(4)14-20(6-2)24(7-3)21-9-10-21/h7,11-12,14-17,21,29H,4-6,8-10,13,18H2,1-3H3/b20-14-,24-7+. The molecular weight excluding hydrogens is 451 g/mol. The third-order valence-corrected chi connectivity index (χ3v) is 6.08. The Kier molecular flexibility index (Phi) is 9.58. The first kappa shape index (κ1) is 26.6. The molecule has 0 amide bonds. The number of hydrogen-bond donors (Lipinski definition) is 0. The number of rotatable bonds is 13. The molecule has 1 aliphatic carbocycles. The van der Waals surface area contributed by atoms with Gasteiger partial charge in [0, 0.05) is 29.0 Å². The largest absolute Gasteiger partial charge is 0.489 e. The molecule has 1 aromatic heterocycles. The van der Waals surface area contributed by atoms with Crippen molar-refractivity contribution in [1.29, 1.82) is 0 Å². The summed E-state index contributed by atoms with van der Waals surface area (Å²) in [6.07, 6.45) is 7.66. The van der Waals surface area contributed by atoms with Crippen molar-refractivity contribution in [1.82, 2.24) is 4.98 Å². The molecule has 1 heterocycles. The molecule has 0 radical (unpaired) electrons. The monoisotopic (exact) mass is 485 g/mol. The number of aromatic nitrogens is 1. The maximum Gasteiger partial charge on any atom is 0.264 e. The van der Waals surface area contributed by atoms with Crippen LogP contribution in [0.5, 0.6) is 5.88 Å². The molecule has 6 heteroatoms. The number of pyridine rings is 1. The lowest BCUT2D eigenvalue weighted by Gasteiger charge is -2.14.